The van der Waals surface area contributed by atoms with Gasteiger partial charge >= 0.3 is 7.48 Å². The first kappa shape index (κ1) is 27.4. The Bertz CT molecular complexity index is 1210. The quantitative estimate of drug-likeness (QED) is 0.360. The number of pyridine rings is 1. The van der Waals surface area contributed by atoms with Gasteiger partial charge in [0.2, 0.25) is 5.91 Å². The van der Waals surface area contributed by atoms with E-state index < -0.39 is 21.7 Å². The number of aromatic nitrogens is 1. The Hall–Kier alpha value is -3.21. The van der Waals surface area contributed by atoms with Crippen molar-refractivity contribution in [3.8, 4) is 11.5 Å². The van der Waals surface area contributed by atoms with E-state index in [0.29, 0.717) is 23.8 Å². The molecule has 1 amide bonds. The fraction of sp³-hybridized carbons (Fsp3) is 0.308. The van der Waals surface area contributed by atoms with Crippen molar-refractivity contribution in [3.05, 3.63) is 84.7 Å². The second-order valence-corrected chi connectivity index (χ2v) is 10.9. The molecule has 2 atom stereocenters. The molecule has 4 rings (SSSR count). The summed E-state index contributed by atoms with van der Waals surface area (Å²) >= 11 is 0. The van der Waals surface area contributed by atoms with Crippen molar-refractivity contribution < 1.29 is 28.4 Å². The van der Waals surface area contributed by atoms with Gasteiger partial charge in [-0.1, -0.05) is 43.2 Å². The molecular formula is C26H30BN2O6S. The first-order valence-electron chi connectivity index (χ1n) is 11.7. The Balaban J connectivity index is 0.00000361. The Labute approximate surface area is 212 Å². The predicted molar refractivity (Wildman–Crippen MR) is 137 cm³/mol. The maximum atomic E-state index is 13.3. The van der Waals surface area contributed by atoms with Crippen molar-refractivity contribution in [1.29, 1.82) is 0 Å². The van der Waals surface area contributed by atoms with E-state index in [1.807, 2.05) is 30.3 Å². The van der Waals surface area contributed by atoms with Crippen LogP contribution in [0.4, 0.5) is 0 Å². The number of hydrogen-bond acceptors (Lipinski definition) is 6. The molecule has 0 aliphatic heterocycles. The lowest BCUT2D eigenvalue weighted by Gasteiger charge is -2.21. The van der Waals surface area contributed by atoms with Crippen LogP contribution in [0.3, 0.4) is 0 Å². The molecule has 1 aliphatic carbocycles. The molecule has 10 heteroatoms. The highest BCUT2D eigenvalue weighted by atomic mass is 32.2. The Kier molecular flexibility index (Phi) is 9.63. The van der Waals surface area contributed by atoms with Gasteiger partial charge in [-0.2, -0.15) is 0 Å². The minimum atomic E-state index is -3.77. The second-order valence-electron chi connectivity index (χ2n) is 8.87. The van der Waals surface area contributed by atoms with Crippen LogP contribution in [0, 0.1) is 11.8 Å². The van der Waals surface area contributed by atoms with Crippen molar-refractivity contribution in [2.45, 2.75) is 36.5 Å². The van der Waals surface area contributed by atoms with Gasteiger partial charge in [0.05, 0.1) is 22.8 Å². The fourth-order valence-corrected chi connectivity index (χ4v) is 5.46. The van der Waals surface area contributed by atoms with Crippen LogP contribution >= 0.6 is 0 Å². The molecular weight excluding hydrogens is 479 g/mol. The van der Waals surface area contributed by atoms with Crippen molar-refractivity contribution >= 4 is 23.2 Å². The van der Waals surface area contributed by atoms with E-state index >= 15 is 0 Å². The van der Waals surface area contributed by atoms with Crippen LogP contribution < -0.4 is 10.1 Å². The number of nitrogens with one attached hydrogen (secondary N) is 1. The number of rotatable bonds is 12. The van der Waals surface area contributed by atoms with Gasteiger partial charge in [0, 0.05) is 12.1 Å². The summed E-state index contributed by atoms with van der Waals surface area (Å²) in [5.41, 5.74) is 0.870. The van der Waals surface area contributed by atoms with E-state index in [1.165, 1.54) is 12.1 Å². The van der Waals surface area contributed by atoms with Gasteiger partial charge in [0.25, 0.3) is 0 Å². The van der Waals surface area contributed by atoms with Gasteiger partial charge in [-0.15, -0.1) is 0 Å². The second kappa shape index (κ2) is 12.7. The van der Waals surface area contributed by atoms with Gasteiger partial charge in [-0.25, -0.2) is 8.42 Å². The zero-order chi connectivity index (χ0) is 24.7. The van der Waals surface area contributed by atoms with Crippen molar-refractivity contribution in [3.63, 3.8) is 0 Å². The van der Waals surface area contributed by atoms with Crippen molar-refractivity contribution in [2.75, 3.05) is 5.75 Å². The van der Waals surface area contributed by atoms with E-state index in [4.69, 9.17) is 4.74 Å². The number of ether oxygens (including phenoxy) is 1. The van der Waals surface area contributed by atoms with Crippen LogP contribution in [0.1, 0.15) is 24.8 Å². The molecule has 0 spiro atoms. The number of benzene rings is 2. The standard InChI is InChI=1S/C26H28BN2O5S.H2O/c30-26(29-25(27-31)16-20-8-9-20)21(15-19-5-2-1-3-6-19)18-35(32,33)24-12-10-22(11-13-24)34-23-7-4-14-28-17-23;/h1-7,10-14,17,20-21,25,31H,8-9,15-16,18H2,(H,29,30);1H2/t21-,25+;/m1./s1. The third-order valence-corrected chi connectivity index (χ3v) is 7.79. The van der Waals surface area contributed by atoms with Gasteiger partial charge in [-0.3, -0.25) is 9.78 Å². The average Bonchev–Trinajstić information content (AvgIpc) is 3.69. The molecule has 4 N–H and O–H groups in total. The van der Waals surface area contributed by atoms with E-state index in [9.17, 15) is 18.2 Å². The number of carbonyl (C=O) groups excluding carboxylic acids is 1. The molecule has 1 radical (unpaired) electrons. The molecule has 189 valence electrons. The maximum Gasteiger partial charge on any atom is 0.311 e. The molecule has 8 nitrogen and oxygen atoms in total. The summed E-state index contributed by atoms with van der Waals surface area (Å²) in [7, 11) is -2.78. The molecule has 0 bridgehead atoms. The lowest BCUT2D eigenvalue weighted by molar-refractivity contribution is -0.124. The zero-order valence-electron chi connectivity index (χ0n) is 19.8. The highest BCUT2D eigenvalue weighted by Crippen LogP contribution is 2.33. The van der Waals surface area contributed by atoms with Crippen LogP contribution in [0.25, 0.3) is 0 Å². The SMILES string of the molecule is O.O=C(N[C@H]([B]O)CC1CC1)[C@H](Cc1ccccc1)CS(=O)(=O)c1ccc(Oc2cccnc2)cc1. The summed E-state index contributed by atoms with van der Waals surface area (Å²) < 4.78 is 32.2. The van der Waals surface area contributed by atoms with Gasteiger partial charge in [-0.05, 0) is 60.7 Å². The Morgan fingerprint density at radius 2 is 1.78 bits per heavy atom. The summed E-state index contributed by atoms with van der Waals surface area (Å²) in [6.45, 7) is 0. The summed E-state index contributed by atoms with van der Waals surface area (Å²) in [5.74, 6) is -0.508. The molecule has 1 fully saturated rings. The van der Waals surface area contributed by atoms with Crippen molar-refractivity contribution in [2.24, 2.45) is 11.8 Å². The van der Waals surface area contributed by atoms with Crippen LogP contribution in [-0.4, -0.2) is 49.0 Å². The van der Waals surface area contributed by atoms with E-state index in [2.05, 4.69) is 10.3 Å². The third kappa shape index (κ3) is 7.91. The summed E-state index contributed by atoms with van der Waals surface area (Å²) in [4.78, 5) is 17.3. The van der Waals surface area contributed by atoms with Crippen LogP contribution in [0.5, 0.6) is 11.5 Å². The Morgan fingerprint density at radius 1 is 1.06 bits per heavy atom. The summed E-state index contributed by atoms with van der Waals surface area (Å²) in [5, 5.41) is 12.4. The molecule has 2 aromatic carbocycles. The van der Waals surface area contributed by atoms with Gasteiger partial charge in [0.15, 0.2) is 9.84 Å². The largest absolute Gasteiger partial charge is 0.456 e. The monoisotopic (exact) mass is 509 g/mol. The van der Waals surface area contributed by atoms with E-state index in [-0.39, 0.29) is 28.5 Å². The number of carbonyl (C=O) groups is 1. The average molecular weight is 509 g/mol. The van der Waals surface area contributed by atoms with Crippen molar-refractivity contribution in [1.82, 2.24) is 10.3 Å². The lowest BCUT2D eigenvalue weighted by Crippen LogP contribution is -2.45. The number of amides is 1. The highest BCUT2D eigenvalue weighted by molar-refractivity contribution is 7.91. The van der Waals surface area contributed by atoms with Crippen LogP contribution in [0.15, 0.2) is 84.0 Å². The van der Waals surface area contributed by atoms with Gasteiger partial charge < -0.3 is 20.6 Å². The molecule has 0 unspecified atom stereocenters. The molecule has 36 heavy (non-hydrogen) atoms. The minimum Gasteiger partial charge on any atom is -0.456 e. The van der Waals surface area contributed by atoms with E-state index in [0.717, 1.165) is 25.9 Å². The van der Waals surface area contributed by atoms with E-state index in [1.54, 1.807) is 36.7 Å². The summed E-state index contributed by atoms with van der Waals surface area (Å²) in [6, 6.07) is 19.0. The molecule has 1 aromatic heterocycles. The highest BCUT2D eigenvalue weighted by Gasteiger charge is 2.31. The summed E-state index contributed by atoms with van der Waals surface area (Å²) in [6.07, 6.45) is 6.31. The Morgan fingerprint density at radius 3 is 2.39 bits per heavy atom. The normalized spacial score (nSPS) is 14.7. The first-order chi connectivity index (χ1) is 16.9. The topological polar surface area (TPSA) is 137 Å². The van der Waals surface area contributed by atoms with Gasteiger partial charge in [0.1, 0.15) is 11.5 Å². The molecule has 1 aliphatic rings. The number of nitrogens with zero attached hydrogens (tertiary/aromatic N) is 1. The smallest absolute Gasteiger partial charge is 0.311 e. The zero-order valence-corrected chi connectivity index (χ0v) is 20.6. The van der Waals surface area contributed by atoms with Crippen LogP contribution in [0.2, 0.25) is 0 Å². The minimum absolute atomic E-state index is 0. The number of hydrogen-bond donors (Lipinski definition) is 2. The lowest BCUT2D eigenvalue weighted by atomic mass is 9.83. The maximum absolute atomic E-state index is 13.3. The molecule has 1 heterocycles. The molecule has 1 saturated carbocycles. The first-order valence-corrected chi connectivity index (χ1v) is 13.3. The predicted octanol–water partition coefficient (Wildman–Crippen LogP) is 2.54. The number of sulfone groups is 1. The molecule has 3 aromatic rings. The fourth-order valence-electron chi connectivity index (χ4n) is 3.92. The van der Waals surface area contributed by atoms with Crippen LogP contribution in [-0.2, 0) is 21.1 Å². The third-order valence-electron chi connectivity index (χ3n) is 5.96. The molecule has 0 saturated heterocycles.